The zero-order valence-electron chi connectivity index (χ0n) is 17.6. The third-order valence-corrected chi connectivity index (χ3v) is 5.94. The molecule has 162 valence electrons. The molecule has 0 fully saturated rings. The highest BCUT2D eigenvalue weighted by Gasteiger charge is 2.31. The van der Waals surface area contributed by atoms with Crippen LogP contribution in [0.15, 0.2) is 6.07 Å². The summed E-state index contributed by atoms with van der Waals surface area (Å²) in [6, 6.07) is 1.71. The molecule has 0 saturated heterocycles. The van der Waals surface area contributed by atoms with Crippen LogP contribution >= 0.6 is 11.3 Å². The minimum Gasteiger partial charge on any atom is -0.462 e. The Morgan fingerprint density at radius 3 is 2.57 bits per heavy atom. The van der Waals surface area contributed by atoms with E-state index in [0.717, 1.165) is 16.1 Å². The Bertz CT molecular complexity index is 965. The van der Waals surface area contributed by atoms with Gasteiger partial charge in [0.2, 0.25) is 0 Å². The minimum absolute atomic E-state index is 0.228. The van der Waals surface area contributed by atoms with E-state index >= 15 is 0 Å². The van der Waals surface area contributed by atoms with Crippen LogP contribution in [0.3, 0.4) is 0 Å². The van der Waals surface area contributed by atoms with Crippen LogP contribution in [-0.4, -0.2) is 52.4 Å². The fourth-order valence-electron chi connectivity index (χ4n) is 3.39. The number of thiophene rings is 1. The van der Waals surface area contributed by atoms with Gasteiger partial charge in [-0.1, -0.05) is 0 Å². The monoisotopic (exact) mass is 434 g/mol. The van der Waals surface area contributed by atoms with E-state index in [0.29, 0.717) is 43.2 Å². The summed E-state index contributed by atoms with van der Waals surface area (Å²) in [4.78, 5) is 40.0. The van der Waals surface area contributed by atoms with Crippen LogP contribution in [0.2, 0.25) is 0 Å². The van der Waals surface area contributed by atoms with Gasteiger partial charge in [-0.3, -0.25) is 9.48 Å². The summed E-state index contributed by atoms with van der Waals surface area (Å²) in [6.45, 7) is 9.26. The first-order valence-electron chi connectivity index (χ1n) is 9.98. The average molecular weight is 435 g/mol. The van der Waals surface area contributed by atoms with Gasteiger partial charge < -0.3 is 19.7 Å². The lowest BCUT2D eigenvalue weighted by Crippen LogP contribution is -2.36. The van der Waals surface area contributed by atoms with E-state index in [1.807, 2.05) is 13.8 Å². The number of aromatic nitrogens is 2. The van der Waals surface area contributed by atoms with Crippen molar-refractivity contribution in [3.05, 3.63) is 33.5 Å². The van der Waals surface area contributed by atoms with Crippen LogP contribution in [0.1, 0.15) is 57.8 Å². The maximum Gasteiger partial charge on any atom is 0.410 e. The van der Waals surface area contributed by atoms with Gasteiger partial charge in [-0.2, -0.15) is 5.10 Å². The number of carbonyl (C=O) groups is 3. The Morgan fingerprint density at radius 1 is 1.20 bits per heavy atom. The van der Waals surface area contributed by atoms with Crippen LogP contribution in [0, 0.1) is 6.92 Å². The molecule has 0 radical (unpaired) electrons. The zero-order chi connectivity index (χ0) is 21.8. The van der Waals surface area contributed by atoms with Gasteiger partial charge in [-0.05, 0) is 45.7 Å². The summed E-state index contributed by atoms with van der Waals surface area (Å²) in [7, 11) is 0. The largest absolute Gasteiger partial charge is 0.462 e. The molecule has 1 aliphatic rings. The molecule has 2 aromatic heterocycles. The molecule has 3 heterocycles. The van der Waals surface area contributed by atoms with E-state index in [-0.39, 0.29) is 18.4 Å². The van der Waals surface area contributed by atoms with Crippen molar-refractivity contribution in [1.82, 2.24) is 14.7 Å². The van der Waals surface area contributed by atoms with E-state index in [2.05, 4.69) is 10.4 Å². The van der Waals surface area contributed by atoms with E-state index in [9.17, 15) is 14.4 Å². The molecule has 0 unspecified atom stereocenters. The van der Waals surface area contributed by atoms with Crippen LogP contribution in [0.5, 0.6) is 0 Å². The Balaban J connectivity index is 1.90. The van der Waals surface area contributed by atoms with Crippen LogP contribution in [-0.2, 0) is 29.0 Å². The normalized spacial score (nSPS) is 13.0. The Labute approximate surface area is 178 Å². The molecule has 0 aliphatic carbocycles. The number of amides is 2. The van der Waals surface area contributed by atoms with Gasteiger partial charge >= 0.3 is 12.1 Å². The van der Waals surface area contributed by atoms with Crippen molar-refractivity contribution in [2.45, 2.75) is 47.2 Å². The Hall–Kier alpha value is -2.88. The highest BCUT2D eigenvalue weighted by molar-refractivity contribution is 7.17. The van der Waals surface area contributed by atoms with Crippen molar-refractivity contribution in [1.29, 1.82) is 0 Å². The first-order chi connectivity index (χ1) is 14.4. The van der Waals surface area contributed by atoms with Gasteiger partial charge in [0.1, 0.15) is 5.00 Å². The SMILES string of the molecule is CCOC(=O)c1c(NC(=O)c2cc(C)n(CC)n2)sc2c1CCN(C(=O)OCC)C2. The summed E-state index contributed by atoms with van der Waals surface area (Å²) in [5.74, 6) is -0.873. The lowest BCUT2D eigenvalue weighted by molar-refractivity contribution is 0.0526. The van der Waals surface area contributed by atoms with Gasteiger partial charge in [0, 0.05) is 23.7 Å². The van der Waals surface area contributed by atoms with Gasteiger partial charge in [0.05, 0.1) is 25.3 Å². The lowest BCUT2D eigenvalue weighted by atomic mass is 10.0. The molecule has 10 heteroatoms. The number of esters is 1. The maximum atomic E-state index is 12.8. The van der Waals surface area contributed by atoms with Gasteiger partial charge in [-0.15, -0.1) is 11.3 Å². The smallest absolute Gasteiger partial charge is 0.410 e. The fraction of sp³-hybridized carbons (Fsp3) is 0.500. The highest BCUT2D eigenvalue weighted by atomic mass is 32.1. The molecule has 3 rings (SSSR count). The van der Waals surface area contributed by atoms with Gasteiger partial charge in [-0.25, -0.2) is 9.59 Å². The number of rotatable bonds is 6. The predicted molar refractivity (Wildman–Crippen MR) is 112 cm³/mol. The Morgan fingerprint density at radius 2 is 1.93 bits per heavy atom. The van der Waals surface area contributed by atoms with Crippen molar-refractivity contribution in [2.75, 3.05) is 25.1 Å². The fourth-order valence-corrected chi connectivity index (χ4v) is 4.64. The van der Waals surface area contributed by atoms with Crippen LogP contribution in [0.25, 0.3) is 0 Å². The second-order valence-electron chi connectivity index (χ2n) is 6.74. The first kappa shape index (κ1) is 21.8. The number of hydrogen-bond donors (Lipinski definition) is 1. The summed E-state index contributed by atoms with van der Waals surface area (Å²) in [6.07, 6.45) is 0.0958. The van der Waals surface area contributed by atoms with Gasteiger partial charge in [0.15, 0.2) is 5.69 Å². The second-order valence-corrected chi connectivity index (χ2v) is 7.84. The molecule has 0 bridgehead atoms. The minimum atomic E-state index is -0.481. The molecule has 2 aromatic rings. The molecule has 0 atom stereocenters. The molecule has 2 amide bonds. The zero-order valence-corrected chi connectivity index (χ0v) is 18.4. The van der Waals surface area contributed by atoms with E-state index in [1.54, 1.807) is 29.5 Å². The topological polar surface area (TPSA) is 103 Å². The molecule has 0 spiro atoms. The van der Waals surface area contributed by atoms with Crippen LogP contribution in [0.4, 0.5) is 9.80 Å². The molecule has 9 nitrogen and oxygen atoms in total. The molecule has 1 aliphatic heterocycles. The van der Waals surface area contributed by atoms with E-state index in [4.69, 9.17) is 9.47 Å². The Kier molecular flexibility index (Phi) is 6.76. The van der Waals surface area contributed by atoms with Crippen molar-refractivity contribution in [3.8, 4) is 0 Å². The highest BCUT2D eigenvalue weighted by Crippen LogP contribution is 2.38. The van der Waals surface area contributed by atoms with E-state index in [1.165, 1.54) is 11.3 Å². The van der Waals surface area contributed by atoms with Crippen molar-refractivity contribution in [2.24, 2.45) is 0 Å². The number of nitrogens with one attached hydrogen (secondary N) is 1. The lowest BCUT2D eigenvalue weighted by Gasteiger charge is -2.26. The number of carbonyl (C=O) groups excluding carboxylic acids is 3. The molecular weight excluding hydrogens is 408 g/mol. The quantitative estimate of drug-likeness (QED) is 0.701. The maximum absolute atomic E-state index is 12.8. The molecule has 0 saturated carbocycles. The van der Waals surface area contributed by atoms with Crippen molar-refractivity contribution < 1.29 is 23.9 Å². The predicted octanol–water partition coefficient (Wildman–Crippen LogP) is 3.22. The summed E-state index contributed by atoms with van der Waals surface area (Å²) in [5.41, 5.74) is 2.33. The van der Waals surface area contributed by atoms with Crippen molar-refractivity contribution >= 4 is 34.3 Å². The molecule has 30 heavy (non-hydrogen) atoms. The number of hydrogen-bond acceptors (Lipinski definition) is 7. The molecule has 0 aromatic carbocycles. The third kappa shape index (κ3) is 4.33. The number of nitrogens with zero attached hydrogens (tertiary/aromatic N) is 3. The van der Waals surface area contributed by atoms with Crippen LogP contribution < -0.4 is 5.32 Å². The summed E-state index contributed by atoms with van der Waals surface area (Å²) >= 11 is 1.28. The average Bonchev–Trinajstić information content (AvgIpc) is 3.27. The third-order valence-electron chi connectivity index (χ3n) is 4.80. The van der Waals surface area contributed by atoms with Gasteiger partial charge in [0.25, 0.3) is 5.91 Å². The number of fused-ring (bicyclic) bond motifs is 1. The molecular formula is C20H26N4O5S. The first-order valence-corrected chi connectivity index (χ1v) is 10.8. The second kappa shape index (κ2) is 9.29. The number of ether oxygens (including phenoxy) is 2. The molecule has 1 N–H and O–H groups in total. The number of anilines is 1. The summed E-state index contributed by atoms with van der Waals surface area (Å²) < 4.78 is 12.0. The standard InChI is InChI=1S/C20H26N4O5S/c1-5-24-12(4)10-14(22-24)17(25)21-18-16(19(26)28-6-2)13-8-9-23(11-15(13)30-18)20(27)29-7-3/h10H,5-9,11H2,1-4H3,(H,21,25). The van der Waals surface area contributed by atoms with Crippen molar-refractivity contribution in [3.63, 3.8) is 0 Å². The summed E-state index contributed by atoms with van der Waals surface area (Å²) in [5, 5.41) is 7.54. The van der Waals surface area contributed by atoms with E-state index < -0.39 is 11.9 Å². The number of aryl methyl sites for hydroxylation is 2.